The third-order valence-electron chi connectivity index (χ3n) is 3.68. The van der Waals surface area contributed by atoms with Gasteiger partial charge in [-0.15, -0.1) is 0 Å². The van der Waals surface area contributed by atoms with Crippen molar-refractivity contribution in [3.63, 3.8) is 0 Å². The Bertz CT molecular complexity index is 626. The van der Waals surface area contributed by atoms with Crippen LogP contribution < -0.4 is 5.32 Å². The second kappa shape index (κ2) is 8.73. The van der Waals surface area contributed by atoms with Gasteiger partial charge in [0.15, 0.2) is 0 Å². The Hall–Kier alpha value is -2.62. The maximum Gasteiger partial charge on any atom is 0.307 e. The summed E-state index contributed by atoms with van der Waals surface area (Å²) in [6.45, 7) is 0.514. The minimum absolute atomic E-state index is 0.000975. The lowest BCUT2D eigenvalue weighted by Gasteiger charge is -2.12. The largest absolute Gasteiger partial charge is 0.481 e. The average Bonchev–Trinajstić information content (AvgIpc) is 2.56. The number of carbonyl (C=O) groups is 2. The smallest absolute Gasteiger partial charge is 0.307 e. The Morgan fingerprint density at radius 2 is 1.48 bits per heavy atom. The van der Waals surface area contributed by atoms with Crippen molar-refractivity contribution in [2.45, 2.75) is 19.3 Å². The number of amides is 1. The van der Waals surface area contributed by atoms with Gasteiger partial charge in [-0.1, -0.05) is 60.7 Å². The minimum atomic E-state index is -0.938. The van der Waals surface area contributed by atoms with E-state index in [0.29, 0.717) is 13.0 Å². The molecule has 120 valence electrons. The van der Waals surface area contributed by atoms with Gasteiger partial charge in [0.25, 0.3) is 0 Å². The van der Waals surface area contributed by atoms with Crippen molar-refractivity contribution >= 4 is 11.9 Å². The fraction of sp³-hybridized carbons (Fsp3) is 0.263. The molecule has 4 heteroatoms. The summed E-state index contributed by atoms with van der Waals surface area (Å²) in [5.74, 6) is -1.86. The van der Waals surface area contributed by atoms with Gasteiger partial charge in [-0.3, -0.25) is 9.59 Å². The predicted octanol–water partition coefficient (Wildman–Crippen LogP) is 2.68. The Balaban J connectivity index is 1.80. The summed E-state index contributed by atoms with van der Waals surface area (Å²) < 4.78 is 0. The van der Waals surface area contributed by atoms with Gasteiger partial charge in [-0.05, 0) is 24.0 Å². The Kier molecular flexibility index (Phi) is 6.36. The predicted molar refractivity (Wildman–Crippen MR) is 89.0 cm³/mol. The number of hydrogen-bond acceptors (Lipinski definition) is 2. The van der Waals surface area contributed by atoms with E-state index in [0.717, 1.165) is 17.5 Å². The van der Waals surface area contributed by atoms with E-state index in [1.807, 2.05) is 60.7 Å². The van der Waals surface area contributed by atoms with E-state index in [1.54, 1.807) is 0 Å². The second-order valence-corrected chi connectivity index (χ2v) is 5.51. The third kappa shape index (κ3) is 5.94. The molecule has 23 heavy (non-hydrogen) atoms. The van der Waals surface area contributed by atoms with Crippen LogP contribution >= 0.6 is 0 Å². The van der Waals surface area contributed by atoms with Crippen LogP contribution in [0.5, 0.6) is 0 Å². The molecule has 0 aliphatic carbocycles. The van der Waals surface area contributed by atoms with E-state index < -0.39 is 11.9 Å². The molecule has 4 nitrogen and oxygen atoms in total. The average molecular weight is 311 g/mol. The topological polar surface area (TPSA) is 66.4 Å². The number of carboxylic acids is 1. The molecule has 1 amide bonds. The van der Waals surface area contributed by atoms with Crippen LogP contribution in [-0.4, -0.2) is 23.5 Å². The third-order valence-corrected chi connectivity index (χ3v) is 3.68. The molecule has 0 aromatic heterocycles. The number of carbonyl (C=O) groups excluding carboxylic acids is 1. The second-order valence-electron chi connectivity index (χ2n) is 5.51. The number of nitrogens with one attached hydrogen (secondary N) is 1. The Morgan fingerprint density at radius 1 is 0.913 bits per heavy atom. The molecule has 2 rings (SSSR count). The summed E-state index contributed by atoms with van der Waals surface area (Å²) in [5.41, 5.74) is 2.07. The monoisotopic (exact) mass is 311 g/mol. The lowest BCUT2D eigenvalue weighted by atomic mass is 9.96. The molecule has 0 radical (unpaired) electrons. The number of benzene rings is 2. The molecule has 0 bridgehead atoms. The van der Waals surface area contributed by atoms with Gasteiger partial charge >= 0.3 is 5.97 Å². The fourth-order valence-electron chi connectivity index (χ4n) is 2.43. The SMILES string of the molecule is O=C(C[C@@H](Cc1ccccc1)C(=O)O)NCCc1ccccc1. The van der Waals surface area contributed by atoms with E-state index in [2.05, 4.69) is 5.32 Å². The standard InChI is InChI=1S/C19H21NO3/c21-18(20-12-11-15-7-3-1-4-8-15)14-17(19(22)23)13-16-9-5-2-6-10-16/h1-10,17H,11-14H2,(H,20,21)(H,22,23)/t17-/m1/s1. The molecule has 0 spiro atoms. The van der Waals surface area contributed by atoms with E-state index >= 15 is 0 Å². The normalized spacial score (nSPS) is 11.7. The molecule has 0 heterocycles. The van der Waals surface area contributed by atoms with Crippen LogP contribution in [0.3, 0.4) is 0 Å². The molecule has 2 aromatic carbocycles. The molecule has 0 fully saturated rings. The summed E-state index contributed by atoms with van der Waals surface area (Å²) in [5, 5.41) is 12.1. The summed E-state index contributed by atoms with van der Waals surface area (Å²) >= 11 is 0. The van der Waals surface area contributed by atoms with E-state index in [-0.39, 0.29) is 12.3 Å². The van der Waals surface area contributed by atoms with Crippen molar-refractivity contribution in [1.29, 1.82) is 0 Å². The first-order valence-electron chi connectivity index (χ1n) is 7.72. The zero-order valence-corrected chi connectivity index (χ0v) is 12.9. The van der Waals surface area contributed by atoms with Crippen molar-refractivity contribution in [2.24, 2.45) is 5.92 Å². The van der Waals surface area contributed by atoms with Crippen LogP contribution in [0, 0.1) is 5.92 Å². The summed E-state index contributed by atoms with van der Waals surface area (Å²) in [6.07, 6.45) is 1.10. The molecule has 0 saturated heterocycles. The quantitative estimate of drug-likeness (QED) is 0.787. The first-order valence-corrected chi connectivity index (χ1v) is 7.72. The van der Waals surface area contributed by atoms with Crippen LogP contribution in [0.15, 0.2) is 60.7 Å². The summed E-state index contributed by atoms with van der Waals surface area (Å²) in [4.78, 5) is 23.3. The highest BCUT2D eigenvalue weighted by Gasteiger charge is 2.21. The van der Waals surface area contributed by atoms with Gasteiger partial charge in [0.05, 0.1) is 5.92 Å². The zero-order valence-electron chi connectivity index (χ0n) is 12.9. The van der Waals surface area contributed by atoms with Crippen molar-refractivity contribution in [3.05, 3.63) is 71.8 Å². The number of aliphatic carboxylic acids is 1. The van der Waals surface area contributed by atoms with Gasteiger partial charge in [0.1, 0.15) is 0 Å². The summed E-state index contributed by atoms with van der Waals surface area (Å²) in [7, 11) is 0. The van der Waals surface area contributed by atoms with Crippen molar-refractivity contribution in [1.82, 2.24) is 5.32 Å². The molecule has 0 saturated carbocycles. The maximum absolute atomic E-state index is 12.0. The molecule has 2 aromatic rings. The first kappa shape index (κ1) is 16.7. The molecule has 0 unspecified atom stereocenters. The fourth-order valence-corrected chi connectivity index (χ4v) is 2.43. The van der Waals surface area contributed by atoms with Gasteiger partial charge < -0.3 is 10.4 Å². The van der Waals surface area contributed by atoms with Gasteiger partial charge in [-0.2, -0.15) is 0 Å². The zero-order chi connectivity index (χ0) is 16.5. The van der Waals surface area contributed by atoms with Crippen LogP contribution in [0.1, 0.15) is 17.5 Å². The lowest BCUT2D eigenvalue weighted by molar-refractivity contribution is -0.144. The molecular weight excluding hydrogens is 290 g/mol. The van der Waals surface area contributed by atoms with Gasteiger partial charge in [-0.25, -0.2) is 0 Å². The number of rotatable bonds is 8. The highest BCUT2D eigenvalue weighted by Crippen LogP contribution is 2.13. The van der Waals surface area contributed by atoms with Crippen molar-refractivity contribution in [3.8, 4) is 0 Å². The van der Waals surface area contributed by atoms with E-state index in [9.17, 15) is 14.7 Å². The van der Waals surface area contributed by atoms with Crippen LogP contribution in [-0.2, 0) is 22.4 Å². The minimum Gasteiger partial charge on any atom is -0.481 e. The lowest BCUT2D eigenvalue weighted by Crippen LogP contribution is -2.30. The molecule has 0 aliphatic heterocycles. The molecular formula is C19H21NO3. The number of hydrogen-bond donors (Lipinski definition) is 2. The van der Waals surface area contributed by atoms with Crippen molar-refractivity contribution < 1.29 is 14.7 Å². The Labute approximate surface area is 136 Å². The van der Waals surface area contributed by atoms with Crippen LogP contribution in [0.4, 0.5) is 0 Å². The highest BCUT2D eigenvalue weighted by molar-refractivity contribution is 5.82. The molecule has 2 N–H and O–H groups in total. The maximum atomic E-state index is 12.0. The van der Waals surface area contributed by atoms with Gasteiger partial charge in [0.2, 0.25) is 5.91 Å². The molecule has 0 aliphatic rings. The summed E-state index contributed by atoms with van der Waals surface area (Å²) in [6, 6.07) is 19.2. The Morgan fingerprint density at radius 3 is 2.04 bits per heavy atom. The van der Waals surface area contributed by atoms with Crippen LogP contribution in [0.2, 0.25) is 0 Å². The van der Waals surface area contributed by atoms with E-state index in [4.69, 9.17) is 0 Å². The van der Waals surface area contributed by atoms with Crippen LogP contribution in [0.25, 0.3) is 0 Å². The van der Waals surface area contributed by atoms with E-state index in [1.165, 1.54) is 0 Å². The van der Waals surface area contributed by atoms with Gasteiger partial charge in [0, 0.05) is 13.0 Å². The van der Waals surface area contributed by atoms with Crippen molar-refractivity contribution in [2.75, 3.05) is 6.54 Å². The number of carboxylic acid groups (broad SMARTS) is 1. The molecule has 1 atom stereocenters. The first-order chi connectivity index (χ1) is 11.1. The highest BCUT2D eigenvalue weighted by atomic mass is 16.4.